The smallest absolute Gasteiger partial charge is 0.0685 e. The fraction of sp³-hybridized carbons (Fsp3) is 0.286. The first-order chi connectivity index (χ1) is 8.15. The maximum Gasteiger partial charge on any atom is 0.0685 e. The van der Waals surface area contributed by atoms with Crippen molar-refractivity contribution in [2.75, 3.05) is 7.05 Å². The highest BCUT2D eigenvalue weighted by Crippen LogP contribution is 2.35. The zero-order valence-corrected chi connectivity index (χ0v) is 12.7. The summed E-state index contributed by atoms with van der Waals surface area (Å²) < 4.78 is 1.18. The van der Waals surface area contributed by atoms with Crippen LogP contribution < -0.4 is 5.32 Å². The molecule has 0 saturated heterocycles. The van der Waals surface area contributed by atoms with E-state index in [1.54, 1.807) is 11.3 Å². The SMILES string of the molecule is CNC(c1sccc1Br)c1c(C)cccc1C. The Bertz CT molecular complexity index is 498. The van der Waals surface area contributed by atoms with Gasteiger partial charge in [0.2, 0.25) is 0 Å². The lowest BCUT2D eigenvalue weighted by atomic mass is 9.95. The van der Waals surface area contributed by atoms with Gasteiger partial charge in [-0.1, -0.05) is 18.2 Å². The van der Waals surface area contributed by atoms with E-state index < -0.39 is 0 Å². The Morgan fingerprint density at radius 2 is 1.82 bits per heavy atom. The summed E-state index contributed by atoms with van der Waals surface area (Å²) in [5.74, 6) is 0. The number of nitrogens with one attached hydrogen (secondary N) is 1. The minimum atomic E-state index is 0.269. The van der Waals surface area contributed by atoms with Gasteiger partial charge >= 0.3 is 0 Å². The van der Waals surface area contributed by atoms with Gasteiger partial charge < -0.3 is 5.32 Å². The number of hydrogen-bond acceptors (Lipinski definition) is 2. The molecule has 1 N–H and O–H groups in total. The molecule has 1 nitrogen and oxygen atoms in total. The Hall–Kier alpha value is -0.640. The summed E-state index contributed by atoms with van der Waals surface area (Å²) in [5.41, 5.74) is 4.06. The maximum atomic E-state index is 3.62. The average molecular weight is 310 g/mol. The standard InChI is InChI=1S/C14H16BrNS/c1-9-5-4-6-10(2)12(9)13(16-3)14-11(15)7-8-17-14/h4-8,13,16H,1-3H3. The molecule has 1 unspecified atom stereocenters. The molecule has 0 radical (unpaired) electrons. The van der Waals surface area contributed by atoms with E-state index in [0.29, 0.717) is 0 Å². The second kappa shape index (κ2) is 5.34. The van der Waals surface area contributed by atoms with E-state index in [0.717, 1.165) is 0 Å². The Morgan fingerprint density at radius 3 is 2.29 bits per heavy atom. The summed E-state index contributed by atoms with van der Waals surface area (Å²) in [5, 5.41) is 5.55. The van der Waals surface area contributed by atoms with Crippen LogP contribution in [-0.4, -0.2) is 7.05 Å². The summed E-state index contributed by atoms with van der Waals surface area (Å²) in [7, 11) is 2.02. The van der Waals surface area contributed by atoms with E-state index >= 15 is 0 Å². The number of rotatable bonds is 3. The number of thiophene rings is 1. The summed E-state index contributed by atoms with van der Waals surface area (Å²) in [6.45, 7) is 4.35. The van der Waals surface area contributed by atoms with Crippen molar-refractivity contribution in [1.29, 1.82) is 0 Å². The molecule has 1 atom stereocenters. The molecule has 2 aromatic rings. The number of aryl methyl sites for hydroxylation is 2. The normalized spacial score (nSPS) is 12.7. The van der Waals surface area contributed by atoms with Crippen LogP contribution in [-0.2, 0) is 0 Å². The second-order valence-electron chi connectivity index (χ2n) is 4.16. The Balaban J connectivity index is 2.53. The third-order valence-corrected chi connectivity index (χ3v) is 4.96. The molecule has 0 aliphatic rings. The van der Waals surface area contributed by atoms with Gasteiger partial charge in [-0.15, -0.1) is 11.3 Å². The molecule has 0 spiro atoms. The van der Waals surface area contributed by atoms with E-state index in [-0.39, 0.29) is 6.04 Å². The van der Waals surface area contributed by atoms with Crippen molar-refractivity contribution < 1.29 is 0 Å². The zero-order chi connectivity index (χ0) is 12.4. The molecule has 2 rings (SSSR count). The third-order valence-electron chi connectivity index (χ3n) is 3.03. The molecular weight excluding hydrogens is 294 g/mol. The van der Waals surface area contributed by atoms with Crippen LogP contribution >= 0.6 is 27.3 Å². The van der Waals surface area contributed by atoms with E-state index in [4.69, 9.17) is 0 Å². The van der Waals surface area contributed by atoms with Crippen molar-refractivity contribution in [2.45, 2.75) is 19.9 Å². The Kier molecular flexibility index (Phi) is 4.02. The molecule has 0 fully saturated rings. The molecule has 1 aromatic heterocycles. The first kappa shape index (κ1) is 12.8. The predicted molar refractivity (Wildman–Crippen MR) is 78.8 cm³/mol. The molecular formula is C14H16BrNS. The highest BCUT2D eigenvalue weighted by molar-refractivity contribution is 9.10. The summed E-state index contributed by atoms with van der Waals surface area (Å²) >= 11 is 5.41. The average Bonchev–Trinajstić information content (AvgIpc) is 2.70. The second-order valence-corrected chi connectivity index (χ2v) is 5.96. The largest absolute Gasteiger partial charge is 0.309 e. The first-order valence-corrected chi connectivity index (χ1v) is 7.28. The van der Waals surface area contributed by atoms with Gasteiger partial charge in [-0.2, -0.15) is 0 Å². The number of halogens is 1. The van der Waals surface area contributed by atoms with Gasteiger partial charge in [0.05, 0.1) is 6.04 Å². The van der Waals surface area contributed by atoms with Crippen LogP contribution in [0.4, 0.5) is 0 Å². The number of hydrogen-bond donors (Lipinski definition) is 1. The molecule has 90 valence electrons. The van der Waals surface area contributed by atoms with E-state index in [1.807, 2.05) is 7.05 Å². The van der Waals surface area contributed by atoms with Crippen molar-refractivity contribution >= 4 is 27.3 Å². The molecule has 1 aromatic carbocycles. The van der Waals surface area contributed by atoms with Crippen molar-refractivity contribution in [3.8, 4) is 0 Å². The summed E-state index contributed by atoms with van der Waals surface area (Å²) in [6.07, 6.45) is 0. The molecule has 0 aliphatic heterocycles. The van der Waals surface area contributed by atoms with Crippen LogP contribution in [0.1, 0.15) is 27.6 Å². The van der Waals surface area contributed by atoms with E-state index in [1.165, 1.54) is 26.0 Å². The molecule has 0 saturated carbocycles. The van der Waals surface area contributed by atoms with Crippen LogP contribution in [0.2, 0.25) is 0 Å². The topological polar surface area (TPSA) is 12.0 Å². The van der Waals surface area contributed by atoms with E-state index in [9.17, 15) is 0 Å². The Labute approximate surface area is 115 Å². The van der Waals surface area contributed by atoms with Crippen LogP contribution in [0.5, 0.6) is 0 Å². The quantitative estimate of drug-likeness (QED) is 0.884. The van der Waals surface area contributed by atoms with Crippen LogP contribution in [0.15, 0.2) is 34.1 Å². The van der Waals surface area contributed by atoms with Crippen LogP contribution in [0, 0.1) is 13.8 Å². The van der Waals surface area contributed by atoms with Gasteiger partial charge in [-0.05, 0) is 65.0 Å². The lowest BCUT2D eigenvalue weighted by molar-refractivity contribution is 0.692. The van der Waals surface area contributed by atoms with Gasteiger partial charge in [-0.25, -0.2) is 0 Å². The van der Waals surface area contributed by atoms with Crippen molar-refractivity contribution in [3.05, 3.63) is 55.7 Å². The van der Waals surface area contributed by atoms with Crippen molar-refractivity contribution in [2.24, 2.45) is 0 Å². The first-order valence-electron chi connectivity index (χ1n) is 5.61. The Morgan fingerprint density at radius 1 is 1.18 bits per heavy atom. The third kappa shape index (κ3) is 2.46. The van der Waals surface area contributed by atoms with Gasteiger partial charge in [0.15, 0.2) is 0 Å². The molecule has 0 bridgehead atoms. The number of benzene rings is 1. The minimum Gasteiger partial charge on any atom is -0.309 e. The van der Waals surface area contributed by atoms with E-state index in [2.05, 4.69) is 64.7 Å². The van der Waals surface area contributed by atoms with Crippen LogP contribution in [0.25, 0.3) is 0 Å². The van der Waals surface area contributed by atoms with Crippen LogP contribution in [0.3, 0.4) is 0 Å². The fourth-order valence-corrected chi connectivity index (χ4v) is 3.92. The fourth-order valence-electron chi connectivity index (χ4n) is 2.20. The maximum absolute atomic E-state index is 3.62. The van der Waals surface area contributed by atoms with Crippen molar-refractivity contribution in [1.82, 2.24) is 5.32 Å². The lowest BCUT2D eigenvalue weighted by Crippen LogP contribution is -2.19. The van der Waals surface area contributed by atoms with Crippen molar-refractivity contribution in [3.63, 3.8) is 0 Å². The minimum absolute atomic E-state index is 0.269. The summed E-state index contributed by atoms with van der Waals surface area (Å²) in [6, 6.07) is 8.84. The van der Waals surface area contributed by atoms with Gasteiger partial charge in [0.1, 0.15) is 0 Å². The molecule has 1 heterocycles. The summed E-state index contributed by atoms with van der Waals surface area (Å²) in [4.78, 5) is 1.34. The molecule has 17 heavy (non-hydrogen) atoms. The molecule has 0 amide bonds. The van der Waals surface area contributed by atoms with Gasteiger partial charge in [0, 0.05) is 9.35 Å². The molecule has 0 aliphatic carbocycles. The highest BCUT2D eigenvalue weighted by Gasteiger charge is 2.19. The van der Waals surface area contributed by atoms with Gasteiger partial charge in [-0.3, -0.25) is 0 Å². The highest BCUT2D eigenvalue weighted by atomic mass is 79.9. The predicted octanol–water partition coefficient (Wildman–Crippen LogP) is 4.44. The van der Waals surface area contributed by atoms with Gasteiger partial charge in [0.25, 0.3) is 0 Å². The zero-order valence-electron chi connectivity index (χ0n) is 10.3. The molecule has 3 heteroatoms. The monoisotopic (exact) mass is 309 g/mol. The lowest BCUT2D eigenvalue weighted by Gasteiger charge is -2.20.